The van der Waals surface area contributed by atoms with Crippen molar-refractivity contribution in [1.82, 2.24) is 4.90 Å². The first kappa shape index (κ1) is 13.1. The lowest BCUT2D eigenvalue weighted by Gasteiger charge is -2.16. The number of hydrogen-bond donors (Lipinski definition) is 1. The van der Waals surface area contributed by atoms with Gasteiger partial charge in [0.1, 0.15) is 5.76 Å². The molecule has 1 saturated heterocycles. The quantitative estimate of drug-likeness (QED) is 0.894. The van der Waals surface area contributed by atoms with Crippen molar-refractivity contribution in [2.45, 2.75) is 33.7 Å². The third kappa shape index (κ3) is 2.75. The summed E-state index contributed by atoms with van der Waals surface area (Å²) in [5.41, 5.74) is 0.706. The fourth-order valence-electron chi connectivity index (χ4n) is 2.61. The van der Waals surface area contributed by atoms with Crippen LogP contribution in [-0.2, 0) is 6.54 Å². The normalized spacial score (nSPS) is 20.8. The van der Waals surface area contributed by atoms with E-state index in [4.69, 9.17) is 9.52 Å². The predicted molar refractivity (Wildman–Crippen MR) is 68.6 cm³/mol. The maximum atomic E-state index is 10.9. The molecule has 0 spiro atoms. The van der Waals surface area contributed by atoms with E-state index in [1.165, 1.54) is 6.42 Å². The minimum atomic E-state index is -0.986. The van der Waals surface area contributed by atoms with Gasteiger partial charge in [-0.1, -0.05) is 13.8 Å². The number of carboxylic acids is 1. The Kier molecular flexibility index (Phi) is 3.76. The lowest BCUT2D eigenvalue weighted by molar-refractivity contribution is 0.0657. The molecule has 4 heteroatoms. The average molecular weight is 251 g/mol. The van der Waals surface area contributed by atoms with Crippen molar-refractivity contribution in [1.29, 1.82) is 0 Å². The Labute approximate surface area is 108 Å². The fraction of sp³-hybridized carbons (Fsp3) is 0.643. The van der Waals surface area contributed by atoms with Crippen molar-refractivity contribution >= 4 is 5.97 Å². The van der Waals surface area contributed by atoms with E-state index in [2.05, 4.69) is 18.7 Å². The lowest BCUT2D eigenvalue weighted by Crippen LogP contribution is -2.21. The van der Waals surface area contributed by atoms with Crippen LogP contribution in [0.3, 0.4) is 0 Å². The standard InChI is InChI=1S/C14H21NO3/c1-9(2)11-4-5-15(7-11)8-12-6-10(3)13(18-12)14(16)17/h6,9,11H,4-5,7-8H2,1-3H3,(H,16,17). The molecule has 2 rings (SSSR count). The van der Waals surface area contributed by atoms with Crippen LogP contribution in [0.15, 0.2) is 10.5 Å². The van der Waals surface area contributed by atoms with Gasteiger partial charge in [-0.2, -0.15) is 0 Å². The van der Waals surface area contributed by atoms with Gasteiger partial charge < -0.3 is 9.52 Å². The summed E-state index contributed by atoms with van der Waals surface area (Å²) >= 11 is 0. The van der Waals surface area contributed by atoms with Crippen LogP contribution in [0.2, 0.25) is 0 Å². The third-order valence-electron chi connectivity index (χ3n) is 3.79. The summed E-state index contributed by atoms with van der Waals surface area (Å²) in [5, 5.41) is 8.95. The minimum Gasteiger partial charge on any atom is -0.475 e. The smallest absolute Gasteiger partial charge is 0.372 e. The monoisotopic (exact) mass is 251 g/mol. The molecule has 2 heterocycles. The summed E-state index contributed by atoms with van der Waals surface area (Å²) in [7, 11) is 0. The molecule has 0 amide bonds. The largest absolute Gasteiger partial charge is 0.475 e. The molecule has 1 aromatic heterocycles. The first-order valence-corrected chi connectivity index (χ1v) is 6.52. The van der Waals surface area contributed by atoms with E-state index < -0.39 is 5.97 Å². The maximum absolute atomic E-state index is 10.9. The zero-order valence-electron chi connectivity index (χ0n) is 11.3. The van der Waals surface area contributed by atoms with Gasteiger partial charge >= 0.3 is 5.97 Å². The Morgan fingerprint density at radius 3 is 2.83 bits per heavy atom. The third-order valence-corrected chi connectivity index (χ3v) is 3.79. The molecular formula is C14H21NO3. The topological polar surface area (TPSA) is 53.7 Å². The predicted octanol–water partition coefficient (Wildman–Crippen LogP) is 2.76. The van der Waals surface area contributed by atoms with Crippen LogP contribution in [-0.4, -0.2) is 29.1 Å². The molecule has 1 aromatic rings. The molecule has 0 bridgehead atoms. The van der Waals surface area contributed by atoms with E-state index in [0.717, 1.165) is 31.3 Å². The highest BCUT2D eigenvalue weighted by Gasteiger charge is 2.26. The molecule has 100 valence electrons. The SMILES string of the molecule is Cc1cc(CN2CCC(C(C)C)C2)oc1C(=O)O. The first-order valence-electron chi connectivity index (χ1n) is 6.52. The summed E-state index contributed by atoms with van der Waals surface area (Å²) in [6.07, 6.45) is 1.23. The second kappa shape index (κ2) is 5.14. The Hall–Kier alpha value is -1.29. The summed E-state index contributed by atoms with van der Waals surface area (Å²) in [6, 6.07) is 1.84. The van der Waals surface area contributed by atoms with E-state index in [9.17, 15) is 4.79 Å². The number of hydrogen-bond acceptors (Lipinski definition) is 3. The van der Waals surface area contributed by atoms with E-state index in [1.54, 1.807) is 6.92 Å². The molecular weight excluding hydrogens is 230 g/mol. The second-order valence-electron chi connectivity index (χ2n) is 5.56. The van der Waals surface area contributed by atoms with Crippen molar-refractivity contribution in [3.05, 3.63) is 23.2 Å². The van der Waals surface area contributed by atoms with Gasteiger partial charge in [0.2, 0.25) is 5.76 Å². The zero-order valence-corrected chi connectivity index (χ0v) is 11.3. The molecule has 0 radical (unpaired) electrons. The van der Waals surface area contributed by atoms with E-state index in [1.807, 2.05) is 6.07 Å². The van der Waals surface area contributed by atoms with Crippen molar-refractivity contribution in [3.8, 4) is 0 Å². The van der Waals surface area contributed by atoms with Crippen LogP contribution in [0, 0.1) is 18.8 Å². The van der Waals surface area contributed by atoms with Crippen LogP contribution in [0.1, 0.15) is 42.1 Å². The van der Waals surface area contributed by atoms with Gasteiger partial charge in [0, 0.05) is 12.1 Å². The van der Waals surface area contributed by atoms with Crippen LogP contribution < -0.4 is 0 Å². The van der Waals surface area contributed by atoms with E-state index in [-0.39, 0.29) is 5.76 Å². The number of carboxylic acid groups (broad SMARTS) is 1. The zero-order chi connectivity index (χ0) is 13.3. The van der Waals surface area contributed by atoms with Crippen molar-refractivity contribution in [2.75, 3.05) is 13.1 Å². The van der Waals surface area contributed by atoms with Gasteiger partial charge in [-0.15, -0.1) is 0 Å². The molecule has 1 fully saturated rings. The summed E-state index contributed by atoms with van der Waals surface area (Å²) in [4.78, 5) is 13.2. The Morgan fingerprint density at radius 1 is 1.61 bits per heavy atom. The average Bonchev–Trinajstić information content (AvgIpc) is 2.86. The van der Waals surface area contributed by atoms with Crippen molar-refractivity contribution < 1.29 is 14.3 Å². The fourth-order valence-corrected chi connectivity index (χ4v) is 2.61. The van der Waals surface area contributed by atoms with Crippen molar-refractivity contribution in [3.63, 3.8) is 0 Å². The Balaban J connectivity index is 1.99. The van der Waals surface area contributed by atoms with E-state index in [0.29, 0.717) is 11.5 Å². The second-order valence-corrected chi connectivity index (χ2v) is 5.56. The summed E-state index contributed by atoms with van der Waals surface area (Å²) in [6.45, 7) is 9.17. The number of rotatable bonds is 4. The number of furan rings is 1. The Bertz CT molecular complexity index is 436. The maximum Gasteiger partial charge on any atom is 0.372 e. The summed E-state index contributed by atoms with van der Waals surface area (Å²) < 4.78 is 5.39. The number of carbonyl (C=O) groups is 1. The van der Waals surface area contributed by atoms with Gasteiger partial charge in [0.05, 0.1) is 6.54 Å². The highest BCUT2D eigenvalue weighted by atomic mass is 16.4. The van der Waals surface area contributed by atoms with Crippen molar-refractivity contribution in [2.24, 2.45) is 11.8 Å². The number of aromatic carboxylic acids is 1. The molecule has 0 saturated carbocycles. The highest BCUT2D eigenvalue weighted by Crippen LogP contribution is 2.25. The van der Waals surface area contributed by atoms with Crippen LogP contribution in [0.5, 0.6) is 0 Å². The van der Waals surface area contributed by atoms with Gasteiger partial charge in [-0.3, -0.25) is 4.90 Å². The molecule has 1 atom stereocenters. The van der Waals surface area contributed by atoms with Gasteiger partial charge in [-0.25, -0.2) is 4.79 Å². The molecule has 4 nitrogen and oxygen atoms in total. The Morgan fingerprint density at radius 2 is 2.33 bits per heavy atom. The molecule has 18 heavy (non-hydrogen) atoms. The summed E-state index contributed by atoms with van der Waals surface area (Å²) in [5.74, 6) is 1.31. The molecule has 1 aliphatic heterocycles. The molecule has 0 aliphatic carbocycles. The number of aryl methyl sites for hydroxylation is 1. The molecule has 0 aromatic carbocycles. The van der Waals surface area contributed by atoms with Crippen LogP contribution >= 0.6 is 0 Å². The van der Waals surface area contributed by atoms with E-state index >= 15 is 0 Å². The molecule has 1 unspecified atom stereocenters. The minimum absolute atomic E-state index is 0.0737. The number of likely N-dealkylation sites (tertiary alicyclic amines) is 1. The van der Waals surface area contributed by atoms with Gasteiger partial charge in [-0.05, 0) is 37.8 Å². The van der Waals surface area contributed by atoms with Gasteiger partial charge in [0.15, 0.2) is 0 Å². The van der Waals surface area contributed by atoms with Crippen LogP contribution in [0.4, 0.5) is 0 Å². The lowest BCUT2D eigenvalue weighted by atomic mass is 9.95. The number of nitrogens with zero attached hydrogens (tertiary/aromatic N) is 1. The highest BCUT2D eigenvalue weighted by molar-refractivity contribution is 5.86. The van der Waals surface area contributed by atoms with Crippen LogP contribution in [0.25, 0.3) is 0 Å². The van der Waals surface area contributed by atoms with Gasteiger partial charge in [0.25, 0.3) is 0 Å². The molecule has 1 N–H and O–H groups in total. The molecule has 1 aliphatic rings. The first-order chi connectivity index (χ1) is 8.47.